The van der Waals surface area contributed by atoms with Gasteiger partial charge in [-0.15, -0.1) is 0 Å². The van der Waals surface area contributed by atoms with E-state index in [1.165, 1.54) is 62.3 Å². The largest absolute Gasteiger partial charge is 0.332 e. The minimum Gasteiger partial charge on any atom is -0.332 e. The summed E-state index contributed by atoms with van der Waals surface area (Å²) in [6, 6.07) is 4.11. The summed E-state index contributed by atoms with van der Waals surface area (Å²) in [5, 5.41) is 1.21. The van der Waals surface area contributed by atoms with E-state index in [0.29, 0.717) is 6.54 Å². The van der Waals surface area contributed by atoms with Crippen LogP contribution < -0.4 is 5.73 Å². The van der Waals surface area contributed by atoms with Crippen LogP contribution in [-0.4, -0.2) is 9.55 Å². The first-order chi connectivity index (χ1) is 10.4. The average molecular weight is 287 g/mol. The van der Waals surface area contributed by atoms with Gasteiger partial charge in [-0.2, -0.15) is 0 Å². The van der Waals surface area contributed by atoms with Gasteiger partial charge in [0.2, 0.25) is 0 Å². The molecule has 0 fully saturated rings. The third-order valence-electron chi connectivity index (χ3n) is 4.19. The Morgan fingerprint density at radius 2 is 1.76 bits per heavy atom. The molecular formula is C18H29N3. The normalized spacial score (nSPS) is 11.3. The number of fused-ring (bicyclic) bond motifs is 1. The molecule has 0 unspecified atom stereocenters. The summed E-state index contributed by atoms with van der Waals surface area (Å²) < 4.78 is 2.27. The fraction of sp³-hybridized carbons (Fsp3) is 0.611. The molecule has 0 saturated carbocycles. The summed E-state index contributed by atoms with van der Waals surface area (Å²) in [5.74, 6) is 0. The molecule has 0 saturated heterocycles. The van der Waals surface area contributed by atoms with Crippen LogP contribution in [0.25, 0.3) is 11.0 Å². The van der Waals surface area contributed by atoms with Crippen LogP contribution in [0.3, 0.4) is 0 Å². The maximum atomic E-state index is 5.82. The highest BCUT2D eigenvalue weighted by Crippen LogP contribution is 2.19. The molecule has 0 aliphatic heterocycles. The maximum Gasteiger partial charge on any atom is 0.140 e. The molecule has 3 nitrogen and oxygen atoms in total. The van der Waals surface area contributed by atoms with Crippen LogP contribution in [0.1, 0.15) is 63.9 Å². The molecule has 2 rings (SSSR count). The van der Waals surface area contributed by atoms with Crippen molar-refractivity contribution in [2.75, 3.05) is 0 Å². The van der Waals surface area contributed by atoms with Crippen molar-refractivity contribution in [2.24, 2.45) is 5.73 Å². The summed E-state index contributed by atoms with van der Waals surface area (Å²) in [6.07, 6.45) is 14.9. The minimum absolute atomic E-state index is 0.590. The van der Waals surface area contributed by atoms with E-state index in [9.17, 15) is 0 Å². The molecule has 2 heterocycles. The van der Waals surface area contributed by atoms with E-state index in [0.717, 1.165) is 12.2 Å². The Morgan fingerprint density at radius 1 is 1.05 bits per heavy atom. The Kier molecular flexibility index (Phi) is 6.74. The Bertz CT molecular complexity index is 530. The van der Waals surface area contributed by atoms with Gasteiger partial charge in [0.15, 0.2) is 0 Å². The van der Waals surface area contributed by atoms with E-state index in [2.05, 4.69) is 28.7 Å². The van der Waals surface area contributed by atoms with E-state index < -0.39 is 0 Å². The van der Waals surface area contributed by atoms with Crippen molar-refractivity contribution in [1.82, 2.24) is 9.55 Å². The molecule has 0 aromatic carbocycles. The highest BCUT2D eigenvalue weighted by atomic mass is 15.0. The lowest BCUT2D eigenvalue weighted by Gasteiger charge is -2.05. The van der Waals surface area contributed by atoms with Gasteiger partial charge in [0.1, 0.15) is 5.65 Å². The van der Waals surface area contributed by atoms with Crippen LogP contribution in [0.2, 0.25) is 0 Å². The van der Waals surface area contributed by atoms with Gasteiger partial charge in [-0.1, -0.05) is 51.9 Å². The van der Waals surface area contributed by atoms with Gasteiger partial charge in [-0.25, -0.2) is 4.98 Å². The van der Waals surface area contributed by atoms with Crippen LogP contribution >= 0.6 is 0 Å². The monoisotopic (exact) mass is 287 g/mol. The SMILES string of the molecule is CCCCCCCCCCn1cc(CN)c2cccnc21. The molecule has 116 valence electrons. The zero-order chi connectivity index (χ0) is 14.9. The van der Waals surface area contributed by atoms with Gasteiger partial charge in [-0.3, -0.25) is 0 Å². The van der Waals surface area contributed by atoms with Crippen molar-refractivity contribution in [3.63, 3.8) is 0 Å². The fourth-order valence-electron chi connectivity index (χ4n) is 2.94. The first kappa shape index (κ1) is 16.0. The highest BCUT2D eigenvalue weighted by Gasteiger charge is 2.07. The molecule has 0 aliphatic rings. The van der Waals surface area contributed by atoms with Crippen molar-refractivity contribution < 1.29 is 0 Å². The smallest absolute Gasteiger partial charge is 0.140 e. The number of rotatable bonds is 10. The standard InChI is InChI=1S/C18H29N3/c1-2-3-4-5-6-7-8-9-13-21-15-16(14-19)17-11-10-12-20-18(17)21/h10-12,15H,2-9,13-14,19H2,1H3. The molecule has 0 amide bonds. The first-order valence-electron chi connectivity index (χ1n) is 8.49. The summed E-state index contributed by atoms with van der Waals surface area (Å²) in [5.41, 5.74) is 8.11. The van der Waals surface area contributed by atoms with Gasteiger partial charge >= 0.3 is 0 Å². The Morgan fingerprint density at radius 3 is 2.48 bits per heavy atom. The van der Waals surface area contributed by atoms with Crippen LogP contribution in [0.5, 0.6) is 0 Å². The second-order valence-corrected chi connectivity index (χ2v) is 5.90. The molecule has 0 bridgehead atoms. The number of nitrogens with zero attached hydrogens (tertiary/aromatic N) is 2. The number of hydrogen-bond acceptors (Lipinski definition) is 2. The van der Waals surface area contributed by atoms with Crippen molar-refractivity contribution in [3.8, 4) is 0 Å². The van der Waals surface area contributed by atoms with E-state index >= 15 is 0 Å². The van der Waals surface area contributed by atoms with E-state index in [1.54, 1.807) is 0 Å². The van der Waals surface area contributed by atoms with Crippen LogP contribution in [-0.2, 0) is 13.1 Å². The topological polar surface area (TPSA) is 43.8 Å². The van der Waals surface area contributed by atoms with E-state index in [1.807, 2.05) is 12.3 Å². The predicted molar refractivity (Wildman–Crippen MR) is 90.2 cm³/mol. The summed E-state index contributed by atoms with van der Waals surface area (Å²) in [6.45, 7) is 3.92. The number of pyridine rings is 1. The Balaban J connectivity index is 1.76. The van der Waals surface area contributed by atoms with Crippen molar-refractivity contribution in [1.29, 1.82) is 0 Å². The minimum atomic E-state index is 0.590. The molecule has 2 aromatic heterocycles. The highest BCUT2D eigenvalue weighted by molar-refractivity contribution is 5.80. The van der Waals surface area contributed by atoms with E-state index in [4.69, 9.17) is 5.73 Å². The molecular weight excluding hydrogens is 258 g/mol. The molecule has 21 heavy (non-hydrogen) atoms. The van der Waals surface area contributed by atoms with Crippen LogP contribution in [0.4, 0.5) is 0 Å². The lowest BCUT2D eigenvalue weighted by Crippen LogP contribution is -1.98. The van der Waals surface area contributed by atoms with Crippen molar-refractivity contribution >= 4 is 11.0 Å². The second-order valence-electron chi connectivity index (χ2n) is 5.90. The quantitative estimate of drug-likeness (QED) is 0.647. The third-order valence-corrected chi connectivity index (χ3v) is 4.19. The fourth-order valence-corrected chi connectivity index (χ4v) is 2.94. The number of aryl methyl sites for hydroxylation is 1. The van der Waals surface area contributed by atoms with Crippen LogP contribution in [0, 0.1) is 0 Å². The summed E-state index contributed by atoms with van der Waals surface area (Å²) in [4.78, 5) is 4.51. The lowest BCUT2D eigenvalue weighted by molar-refractivity contribution is 0.548. The summed E-state index contributed by atoms with van der Waals surface area (Å²) >= 11 is 0. The Labute approximate surface area is 128 Å². The number of nitrogens with two attached hydrogens (primary N) is 1. The molecule has 2 N–H and O–H groups in total. The average Bonchev–Trinajstić information content (AvgIpc) is 2.88. The zero-order valence-corrected chi connectivity index (χ0v) is 13.4. The molecule has 0 spiro atoms. The lowest BCUT2D eigenvalue weighted by atomic mass is 10.1. The van der Waals surface area contributed by atoms with Gasteiger partial charge in [0, 0.05) is 30.9 Å². The van der Waals surface area contributed by atoms with E-state index in [-0.39, 0.29) is 0 Å². The predicted octanol–water partition coefficient (Wildman–Crippen LogP) is 4.64. The molecule has 2 aromatic rings. The van der Waals surface area contributed by atoms with Gasteiger partial charge in [0.05, 0.1) is 0 Å². The third kappa shape index (κ3) is 4.57. The molecule has 0 aliphatic carbocycles. The molecule has 3 heteroatoms. The van der Waals surface area contributed by atoms with Gasteiger partial charge < -0.3 is 10.3 Å². The maximum absolute atomic E-state index is 5.82. The number of hydrogen-bond donors (Lipinski definition) is 1. The van der Waals surface area contributed by atoms with Crippen molar-refractivity contribution in [2.45, 2.75) is 71.4 Å². The van der Waals surface area contributed by atoms with Crippen LogP contribution in [0.15, 0.2) is 24.5 Å². The summed E-state index contributed by atoms with van der Waals surface area (Å²) in [7, 11) is 0. The Hall–Kier alpha value is -1.35. The zero-order valence-electron chi connectivity index (χ0n) is 13.4. The molecule has 0 atom stereocenters. The van der Waals surface area contributed by atoms with Gasteiger partial charge in [0.25, 0.3) is 0 Å². The van der Waals surface area contributed by atoms with Crippen molar-refractivity contribution in [3.05, 3.63) is 30.1 Å². The number of unbranched alkanes of at least 4 members (excludes halogenated alkanes) is 7. The molecule has 0 radical (unpaired) electrons. The van der Waals surface area contributed by atoms with Gasteiger partial charge in [-0.05, 0) is 24.1 Å². The number of aromatic nitrogens is 2. The second kappa shape index (κ2) is 8.83. The first-order valence-corrected chi connectivity index (χ1v) is 8.49.